The molecule has 2 aromatic rings. The highest BCUT2D eigenvalue weighted by molar-refractivity contribution is 5.90. The monoisotopic (exact) mass is 534 g/mol. The number of aliphatic carboxylic acids is 1. The summed E-state index contributed by atoms with van der Waals surface area (Å²) in [7, 11) is 0. The van der Waals surface area contributed by atoms with Crippen molar-refractivity contribution in [1.29, 1.82) is 0 Å². The molecule has 1 atom stereocenters. The number of carboxylic acids is 1. The molecule has 39 heavy (non-hydrogen) atoms. The van der Waals surface area contributed by atoms with E-state index in [-0.39, 0.29) is 11.4 Å². The Labute approximate surface area is 232 Å². The van der Waals surface area contributed by atoms with E-state index in [1.54, 1.807) is 12.1 Å². The molecule has 2 aromatic carbocycles. The lowest BCUT2D eigenvalue weighted by molar-refractivity contribution is -0.132. The largest absolute Gasteiger partial charge is 0.501 e. The quantitative estimate of drug-likeness (QED) is 0.0647. The first-order valence-electron chi connectivity index (χ1n) is 14.0. The number of carbonyl (C=O) groups excluding carboxylic acids is 2. The van der Waals surface area contributed by atoms with Gasteiger partial charge in [0.1, 0.15) is 11.9 Å². The number of benzene rings is 2. The number of unbranched alkanes of at least 4 members (excludes halogenated alkanes) is 5. The van der Waals surface area contributed by atoms with Crippen LogP contribution in [-0.2, 0) is 19.1 Å². The van der Waals surface area contributed by atoms with Crippen LogP contribution in [0.2, 0.25) is 0 Å². The molecule has 0 amide bonds. The molecule has 0 saturated carbocycles. The fourth-order valence-corrected chi connectivity index (χ4v) is 3.97. The standard InChI is InChI=1S/C33H42O6/c1-3-4-5-10-16-30(34)17-13-19-31(18-11-7-12-24-38-25-26(2)32(35)36)39-33(37)29-22-20-28(21-23-29)27-14-8-6-9-15-27/h6,8-9,13-15,19-23,25,31H,3-5,7,10-12,16-18,24H2,1-2H3,(H,35,36). The lowest BCUT2D eigenvalue weighted by Crippen LogP contribution is -2.16. The average Bonchev–Trinajstić information content (AvgIpc) is 2.95. The molecule has 0 saturated heterocycles. The number of ether oxygens (including phenoxy) is 2. The number of hydrogen-bond acceptors (Lipinski definition) is 5. The van der Waals surface area contributed by atoms with Crippen molar-refractivity contribution in [2.45, 2.75) is 84.2 Å². The molecule has 2 rings (SSSR count). The average molecular weight is 535 g/mol. The van der Waals surface area contributed by atoms with Crippen molar-refractivity contribution >= 4 is 17.7 Å². The maximum absolute atomic E-state index is 12.9. The summed E-state index contributed by atoms with van der Waals surface area (Å²) in [6.07, 6.45) is 12.7. The van der Waals surface area contributed by atoms with Crippen molar-refractivity contribution < 1.29 is 29.0 Å². The smallest absolute Gasteiger partial charge is 0.338 e. The molecule has 0 fully saturated rings. The number of Topliss-reactive ketones (excluding diaryl/α,β-unsaturated/α-hetero) is 1. The second-order valence-electron chi connectivity index (χ2n) is 9.69. The second kappa shape index (κ2) is 18.6. The van der Waals surface area contributed by atoms with Gasteiger partial charge in [0.05, 0.1) is 24.0 Å². The fraction of sp³-hybridized carbons (Fsp3) is 0.424. The van der Waals surface area contributed by atoms with Gasteiger partial charge in [-0.1, -0.05) is 74.7 Å². The van der Waals surface area contributed by atoms with Gasteiger partial charge in [-0.3, -0.25) is 4.79 Å². The number of ketones is 1. The normalized spacial score (nSPS) is 12.3. The van der Waals surface area contributed by atoms with E-state index in [9.17, 15) is 14.4 Å². The van der Waals surface area contributed by atoms with Crippen LogP contribution < -0.4 is 0 Å². The maximum Gasteiger partial charge on any atom is 0.338 e. The van der Waals surface area contributed by atoms with Gasteiger partial charge in [0.2, 0.25) is 0 Å². The van der Waals surface area contributed by atoms with Crippen LogP contribution >= 0.6 is 0 Å². The summed E-state index contributed by atoms with van der Waals surface area (Å²) < 4.78 is 11.1. The van der Waals surface area contributed by atoms with Gasteiger partial charge in [0, 0.05) is 12.8 Å². The highest BCUT2D eigenvalue weighted by atomic mass is 16.5. The van der Waals surface area contributed by atoms with Gasteiger partial charge in [-0.15, -0.1) is 0 Å². The van der Waals surface area contributed by atoms with Crippen molar-refractivity contribution in [3.05, 3.63) is 84.1 Å². The Morgan fingerprint density at radius 2 is 1.56 bits per heavy atom. The number of carboxylic acid groups (broad SMARTS) is 1. The Bertz CT molecular complexity index is 1070. The van der Waals surface area contributed by atoms with Crippen molar-refractivity contribution in [3.63, 3.8) is 0 Å². The molecule has 0 aromatic heterocycles. The fourth-order valence-electron chi connectivity index (χ4n) is 3.97. The van der Waals surface area contributed by atoms with Crippen LogP contribution in [0, 0.1) is 0 Å². The van der Waals surface area contributed by atoms with Crippen molar-refractivity contribution in [3.8, 4) is 11.1 Å². The van der Waals surface area contributed by atoms with Crippen LogP contribution in [0.4, 0.5) is 0 Å². The van der Waals surface area contributed by atoms with E-state index in [1.807, 2.05) is 54.6 Å². The second-order valence-corrected chi connectivity index (χ2v) is 9.69. The van der Waals surface area contributed by atoms with Crippen LogP contribution in [-0.4, -0.2) is 35.5 Å². The lowest BCUT2D eigenvalue weighted by Gasteiger charge is -2.15. The zero-order valence-corrected chi connectivity index (χ0v) is 23.3. The van der Waals surface area contributed by atoms with Crippen LogP contribution in [0.3, 0.4) is 0 Å². The molecule has 0 bridgehead atoms. The Morgan fingerprint density at radius 3 is 2.26 bits per heavy atom. The molecular weight excluding hydrogens is 492 g/mol. The Hall–Kier alpha value is -3.67. The maximum atomic E-state index is 12.9. The molecule has 0 aliphatic heterocycles. The van der Waals surface area contributed by atoms with Crippen LogP contribution in [0.1, 0.15) is 88.4 Å². The van der Waals surface area contributed by atoms with Gasteiger partial charge in [-0.2, -0.15) is 0 Å². The number of esters is 1. The number of rotatable bonds is 19. The Morgan fingerprint density at radius 1 is 0.872 bits per heavy atom. The summed E-state index contributed by atoms with van der Waals surface area (Å²) >= 11 is 0. The summed E-state index contributed by atoms with van der Waals surface area (Å²) in [6.45, 7) is 4.05. The van der Waals surface area contributed by atoms with Gasteiger partial charge in [-0.25, -0.2) is 9.59 Å². The van der Waals surface area contributed by atoms with E-state index < -0.39 is 18.0 Å². The molecule has 1 N–H and O–H groups in total. The topological polar surface area (TPSA) is 89.9 Å². The van der Waals surface area contributed by atoms with E-state index in [1.165, 1.54) is 13.2 Å². The molecule has 6 nitrogen and oxygen atoms in total. The minimum Gasteiger partial charge on any atom is -0.501 e. The third-order valence-corrected chi connectivity index (χ3v) is 6.34. The number of carbonyl (C=O) groups is 3. The van der Waals surface area contributed by atoms with Gasteiger partial charge in [0.15, 0.2) is 0 Å². The molecular formula is C33H42O6. The third kappa shape index (κ3) is 13.1. The third-order valence-electron chi connectivity index (χ3n) is 6.34. The van der Waals surface area contributed by atoms with Crippen LogP contribution in [0.25, 0.3) is 11.1 Å². The summed E-state index contributed by atoms with van der Waals surface area (Å²) in [4.78, 5) is 35.9. The van der Waals surface area contributed by atoms with E-state index in [4.69, 9.17) is 14.6 Å². The Kier molecular flexibility index (Phi) is 15.0. The minimum absolute atomic E-state index is 0.156. The summed E-state index contributed by atoms with van der Waals surface area (Å²) in [5.41, 5.74) is 2.74. The highest BCUT2D eigenvalue weighted by Gasteiger charge is 2.14. The molecule has 6 heteroatoms. The van der Waals surface area contributed by atoms with Gasteiger partial charge in [0.25, 0.3) is 0 Å². The van der Waals surface area contributed by atoms with E-state index >= 15 is 0 Å². The van der Waals surface area contributed by atoms with Gasteiger partial charge in [-0.05, 0) is 68.4 Å². The minimum atomic E-state index is -0.999. The molecule has 0 aliphatic rings. The van der Waals surface area contributed by atoms with E-state index in [0.29, 0.717) is 31.4 Å². The zero-order valence-electron chi connectivity index (χ0n) is 23.3. The first-order valence-corrected chi connectivity index (χ1v) is 14.0. The van der Waals surface area contributed by atoms with Crippen LogP contribution in [0.15, 0.2) is 78.6 Å². The first kappa shape index (κ1) is 31.5. The van der Waals surface area contributed by atoms with E-state index in [0.717, 1.165) is 56.1 Å². The Balaban J connectivity index is 1.90. The molecule has 1 unspecified atom stereocenters. The first-order chi connectivity index (χ1) is 18.9. The molecule has 210 valence electrons. The molecule has 0 radical (unpaired) electrons. The lowest BCUT2D eigenvalue weighted by atomic mass is 10.0. The number of hydrogen-bond donors (Lipinski definition) is 1. The molecule has 0 heterocycles. The number of allylic oxidation sites excluding steroid dienone is 1. The van der Waals surface area contributed by atoms with Gasteiger partial charge < -0.3 is 14.6 Å². The molecule has 0 spiro atoms. The SMILES string of the molecule is CCCCCCC(=O)CC=CC(CCCCCOC=C(C)C(=O)O)OC(=O)c1ccc(-c2ccccc2)cc1. The molecule has 0 aliphatic carbocycles. The summed E-state index contributed by atoms with van der Waals surface area (Å²) in [5.74, 6) is -1.20. The van der Waals surface area contributed by atoms with Crippen molar-refractivity contribution in [2.75, 3.05) is 6.61 Å². The van der Waals surface area contributed by atoms with E-state index in [2.05, 4.69) is 6.92 Å². The predicted octanol–water partition coefficient (Wildman–Crippen LogP) is 7.93. The van der Waals surface area contributed by atoms with Crippen molar-refractivity contribution in [2.24, 2.45) is 0 Å². The highest BCUT2D eigenvalue weighted by Crippen LogP contribution is 2.20. The van der Waals surface area contributed by atoms with Crippen molar-refractivity contribution in [1.82, 2.24) is 0 Å². The van der Waals surface area contributed by atoms with Gasteiger partial charge >= 0.3 is 11.9 Å². The summed E-state index contributed by atoms with van der Waals surface area (Å²) in [5, 5.41) is 8.86. The van der Waals surface area contributed by atoms with Crippen LogP contribution in [0.5, 0.6) is 0 Å². The summed E-state index contributed by atoms with van der Waals surface area (Å²) in [6, 6.07) is 17.3. The zero-order chi connectivity index (χ0) is 28.3. The predicted molar refractivity (Wildman–Crippen MR) is 154 cm³/mol.